The number of nitrogens with zero attached hydrogens (tertiary/aromatic N) is 2. The number of carbonyl (C=O) groups excluding carboxylic acids is 2. The second-order valence-electron chi connectivity index (χ2n) is 4.08. The van der Waals surface area contributed by atoms with Crippen LogP contribution in [0.15, 0.2) is 24.3 Å². The van der Waals surface area contributed by atoms with Crippen molar-refractivity contribution in [1.82, 2.24) is 14.9 Å². The van der Waals surface area contributed by atoms with E-state index in [4.69, 9.17) is 4.74 Å². The lowest BCUT2D eigenvalue weighted by Crippen LogP contribution is -2.21. The molecule has 2 aromatic rings. The molecular weight excluding hydrogens is 292 g/mol. The Morgan fingerprint density at radius 3 is 2.62 bits per heavy atom. The van der Waals surface area contributed by atoms with Gasteiger partial charge in [-0.3, -0.25) is 9.59 Å². The molecule has 2 rings (SSSR count). The van der Waals surface area contributed by atoms with Gasteiger partial charge in [0.2, 0.25) is 5.91 Å². The summed E-state index contributed by atoms with van der Waals surface area (Å²) in [6.45, 7) is 0. The van der Waals surface area contributed by atoms with E-state index in [1.807, 2.05) is 0 Å². The van der Waals surface area contributed by atoms with Crippen LogP contribution in [0.5, 0.6) is 5.75 Å². The Balaban J connectivity index is 2.01. The fourth-order valence-electron chi connectivity index (χ4n) is 1.64. The van der Waals surface area contributed by atoms with Crippen LogP contribution < -0.4 is 15.4 Å². The van der Waals surface area contributed by atoms with Crippen LogP contribution in [0.2, 0.25) is 0 Å². The van der Waals surface area contributed by atoms with Gasteiger partial charge in [0.15, 0.2) is 5.69 Å². The van der Waals surface area contributed by atoms with E-state index in [-0.39, 0.29) is 23.9 Å². The Kier molecular flexibility index (Phi) is 4.83. The minimum absolute atomic E-state index is 0.0481. The third-order valence-electron chi connectivity index (χ3n) is 2.69. The summed E-state index contributed by atoms with van der Waals surface area (Å²) in [6, 6.07) is 6.97. The number of rotatable bonds is 5. The predicted octanol–water partition coefficient (Wildman–Crippen LogP) is 1.09. The highest BCUT2D eigenvalue weighted by atomic mass is 32.1. The number of methoxy groups -OCH3 is 1. The summed E-state index contributed by atoms with van der Waals surface area (Å²) in [5.41, 5.74) is 0.840. The van der Waals surface area contributed by atoms with Gasteiger partial charge in [0, 0.05) is 12.7 Å². The van der Waals surface area contributed by atoms with Crippen molar-refractivity contribution < 1.29 is 14.3 Å². The number of ether oxygens (including phenoxy) is 1. The molecule has 0 atom stereocenters. The third kappa shape index (κ3) is 3.76. The maximum atomic E-state index is 12.0. The van der Waals surface area contributed by atoms with E-state index < -0.39 is 0 Å². The number of anilines is 1. The molecule has 0 saturated heterocycles. The van der Waals surface area contributed by atoms with E-state index in [9.17, 15) is 9.59 Å². The van der Waals surface area contributed by atoms with Crippen molar-refractivity contribution in [1.29, 1.82) is 0 Å². The van der Waals surface area contributed by atoms with Crippen LogP contribution in [-0.2, 0) is 11.2 Å². The molecule has 21 heavy (non-hydrogen) atoms. The first-order chi connectivity index (χ1) is 10.1. The van der Waals surface area contributed by atoms with Crippen molar-refractivity contribution in [2.24, 2.45) is 0 Å². The standard InChI is InChI=1S/C13H14N4O3S/c1-14-13(19)12-10(21-17-16-12)7-11(18)15-8-3-5-9(20-2)6-4-8/h3-6H,7H2,1-2H3,(H,14,19)(H,15,18). The molecule has 0 radical (unpaired) electrons. The lowest BCUT2D eigenvalue weighted by molar-refractivity contribution is -0.115. The first-order valence-corrected chi connectivity index (χ1v) is 6.88. The van der Waals surface area contributed by atoms with E-state index in [1.54, 1.807) is 31.4 Å². The Bertz CT molecular complexity index is 639. The van der Waals surface area contributed by atoms with Crippen LogP contribution in [0.4, 0.5) is 5.69 Å². The molecule has 8 heteroatoms. The molecule has 1 aromatic heterocycles. The maximum Gasteiger partial charge on any atom is 0.272 e. The topological polar surface area (TPSA) is 93.2 Å². The largest absolute Gasteiger partial charge is 0.497 e. The number of benzene rings is 1. The lowest BCUT2D eigenvalue weighted by Gasteiger charge is -2.06. The molecule has 2 N–H and O–H groups in total. The lowest BCUT2D eigenvalue weighted by atomic mass is 10.2. The molecule has 0 bridgehead atoms. The van der Waals surface area contributed by atoms with E-state index in [2.05, 4.69) is 20.2 Å². The average molecular weight is 306 g/mol. The highest BCUT2D eigenvalue weighted by molar-refractivity contribution is 7.06. The van der Waals surface area contributed by atoms with Crippen molar-refractivity contribution in [3.63, 3.8) is 0 Å². The molecule has 0 saturated carbocycles. The summed E-state index contributed by atoms with van der Waals surface area (Å²) in [5.74, 6) is 0.119. The molecule has 110 valence electrons. The van der Waals surface area contributed by atoms with Gasteiger partial charge in [0.1, 0.15) is 5.75 Å². The van der Waals surface area contributed by atoms with Crippen molar-refractivity contribution in [2.45, 2.75) is 6.42 Å². The number of hydrogen-bond donors (Lipinski definition) is 2. The summed E-state index contributed by atoms with van der Waals surface area (Å²) in [4.78, 5) is 24.1. The number of carbonyl (C=O) groups is 2. The fraction of sp³-hybridized carbons (Fsp3) is 0.231. The Morgan fingerprint density at radius 2 is 2.00 bits per heavy atom. The van der Waals surface area contributed by atoms with Gasteiger partial charge in [-0.25, -0.2) is 0 Å². The molecule has 0 spiro atoms. The minimum Gasteiger partial charge on any atom is -0.497 e. The van der Waals surface area contributed by atoms with Crippen LogP contribution >= 0.6 is 11.5 Å². The zero-order valence-electron chi connectivity index (χ0n) is 11.5. The van der Waals surface area contributed by atoms with Crippen LogP contribution in [-0.4, -0.2) is 35.6 Å². The van der Waals surface area contributed by atoms with E-state index >= 15 is 0 Å². The predicted molar refractivity (Wildman–Crippen MR) is 78.6 cm³/mol. The first kappa shape index (κ1) is 14.9. The van der Waals surface area contributed by atoms with Crippen LogP contribution in [0.1, 0.15) is 15.4 Å². The summed E-state index contributed by atoms with van der Waals surface area (Å²) >= 11 is 1.04. The second-order valence-corrected chi connectivity index (χ2v) is 4.92. The third-order valence-corrected chi connectivity index (χ3v) is 3.41. The zero-order chi connectivity index (χ0) is 15.2. The van der Waals surface area contributed by atoms with Gasteiger partial charge in [0.25, 0.3) is 5.91 Å². The molecule has 0 aliphatic carbocycles. The quantitative estimate of drug-likeness (QED) is 0.862. The number of aromatic nitrogens is 2. The Morgan fingerprint density at radius 1 is 1.29 bits per heavy atom. The monoisotopic (exact) mass is 306 g/mol. The highest BCUT2D eigenvalue weighted by Gasteiger charge is 2.17. The van der Waals surface area contributed by atoms with Gasteiger partial charge in [-0.2, -0.15) is 0 Å². The summed E-state index contributed by atoms with van der Waals surface area (Å²) in [5, 5.41) is 8.93. The fourth-order valence-corrected chi connectivity index (χ4v) is 2.28. The second kappa shape index (κ2) is 6.80. The molecule has 0 fully saturated rings. The summed E-state index contributed by atoms with van der Waals surface area (Å²) < 4.78 is 8.75. The van der Waals surface area contributed by atoms with Crippen LogP contribution in [0.3, 0.4) is 0 Å². The number of amides is 2. The zero-order valence-corrected chi connectivity index (χ0v) is 12.4. The summed E-state index contributed by atoms with van der Waals surface area (Å²) in [6.07, 6.45) is 0.0481. The number of hydrogen-bond acceptors (Lipinski definition) is 6. The van der Waals surface area contributed by atoms with Crippen molar-refractivity contribution in [2.75, 3.05) is 19.5 Å². The molecule has 1 aromatic carbocycles. The number of nitrogens with one attached hydrogen (secondary N) is 2. The van der Waals surface area contributed by atoms with Gasteiger partial charge < -0.3 is 15.4 Å². The average Bonchev–Trinajstić information content (AvgIpc) is 2.95. The molecule has 0 aliphatic heterocycles. The molecule has 0 aliphatic rings. The molecule has 0 unspecified atom stereocenters. The summed E-state index contributed by atoms with van der Waals surface area (Å²) in [7, 11) is 3.08. The highest BCUT2D eigenvalue weighted by Crippen LogP contribution is 2.16. The SMILES string of the molecule is CNC(=O)c1nnsc1CC(=O)Nc1ccc(OC)cc1. The van der Waals surface area contributed by atoms with Gasteiger partial charge in [-0.15, -0.1) is 5.10 Å². The van der Waals surface area contributed by atoms with E-state index in [1.165, 1.54) is 7.05 Å². The van der Waals surface area contributed by atoms with Crippen molar-refractivity contribution >= 4 is 29.0 Å². The minimum atomic E-state index is -0.351. The first-order valence-electron chi connectivity index (χ1n) is 6.11. The molecular formula is C13H14N4O3S. The van der Waals surface area contributed by atoms with Gasteiger partial charge in [0.05, 0.1) is 18.4 Å². The van der Waals surface area contributed by atoms with Gasteiger partial charge in [-0.1, -0.05) is 4.49 Å². The smallest absolute Gasteiger partial charge is 0.272 e. The molecule has 2 amide bonds. The molecule has 1 heterocycles. The molecule has 7 nitrogen and oxygen atoms in total. The Hall–Kier alpha value is -2.48. The van der Waals surface area contributed by atoms with Crippen LogP contribution in [0.25, 0.3) is 0 Å². The van der Waals surface area contributed by atoms with Crippen molar-refractivity contribution in [3.8, 4) is 5.75 Å². The Labute approximate surface area is 125 Å². The normalized spacial score (nSPS) is 10.0. The van der Waals surface area contributed by atoms with Crippen molar-refractivity contribution in [3.05, 3.63) is 34.8 Å². The van der Waals surface area contributed by atoms with Gasteiger partial charge >= 0.3 is 0 Å². The van der Waals surface area contributed by atoms with Crippen LogP contribution in [0, 0.1) is 0 Å². The van der Waals surface area contributed by atoms with Gasteiger partial charge in [-0.05, 0) is 35.8 Å². The maximum absolute atomic E-state index is 12.0. The van der Waals surface area contributed by atoms with E-state index in [0.717, 1.165) is 11.5 Å². The van der Waals surface area contributed by atoms with E-state index in [0.29, 0.717) is 16.3 Å².